The number of carbonyl (C=O) groups is 1. The number of carboxylic acid groups (broad SMARTS) is 1. The number of rotatable bonds is 17. The zero-order chi connectivity index (χ0) is 19.8. The first-order valence-corrected chi connectivity index (χ1v) is 11.6. The minimum Gasteiger partial charge on any atom is -0.481 e. The maximum atomic E-state index is 10.4. The summed E-state index contributed by atoms with van der Waals surface area (Å²) in [6, 6.07) is 0. The van der Waals surface area contributed by atoms with Crippen molar-refractivity contribution in [2.24, 2.45) is 0 Å². The highest BCUT2D eigenvalue weighted by Crippen LogP contribution is 2.18. The number of unbranched alkanes of at least 4 members (excludes halogenated alkanes) is 12. The molecule has 1 aliphatic heterocycles. The number of piperidine rings is 1. The van der Waals surface area contributed by atoms with E-state index in [1.807, 2.05) is 0 Å². The fraction of sp³-hybridized carbons (Fsp3) is 0.957. The second-order valence-corrected chi connectivity index (χ2v) is 9.22. The summed E-state index contributed by atoms with van der Waals surface area (Å²) in [4.78, 5) is 10.4. The summed E-state index contributed by atoms with van der Waals surface area (Å²) in [6.07, 6.45) is 19.9. The van der Waals surface area contributed by atoms with E-state index in [-0.39, 0.29) is 0 Å². The largest absolute Gasteiger partial charge is 0.481 e. The third-order valence-corrected chi connectivity index (χ3v) is 5.88. The first-order valence-electron chi connectivity index (χ1n) is 11.6. The van der Waals surface area contributed by atoms with Crippen molar-refractivity contribution < 1.29 is 19.1 Å². The predicted octanol–water partition coefficient (Wildman–Crippen LogP) is 5.79. The molecular weight excluding hydrogens is 338 g/mol. The van der Waals surface area contributed by atoms with Gasteiger partial charge in [0.2, 0.25) is 0 Å². The van der Waals surface area contributed by atoms with Gasteiger partial charge in [0, 0.05) is 13.0 Å². The van der Waals surface area contributed by atoms with E-state index in [0.717, 1.165) is 23.9 Å². The van der Waals surface area contributed by atoms with Crippen LogP contribution in [0.3, 0.4) is 0 Å². The summed E-state index contributed by atoms with van der Waals surface area (Å²) in [5, 5.41) is 8.58. The van der Waals surface area contributed by atoms with Crippen molar-refractivity contribution in [3.05, 3.63) is 0 Å². The van der Waals surface area contributed by atoms with Crippen LogP contribution in [0.15, 0.2) is 0 Å². The Bertz CT molecular complexity index is 371. The van der Waals surface area contributed by atoms with Crippen molar-refractivity contribution in [2.75, 3.05) is 33.8 Å². The Kier molecular flexibility index (Phi) is 13.9. The lowest BCUT2D eigenvalue weighted by Gasteiger charge is -2.37. The molecule has 0 amide bonds. The zero-order valence-electron chi connectivity index (χ0n) is 18.2. The average Bonchev–Trinajstić information content (AvgIpc) is 2.60. The topological polar surface area (TPSA) is 46.5 Å². The number of hydrogen-bond acceptors (Lipinski definition) is 2. The Morgan fingerprint density at radius 2 is 1.33 bits per heavy atom. The van der Waals surface area contributed by atoms with Gasteiger partial charge in [-0.15, -0.1) is 0 Å². The summed E-state index contributed by atoms with van der Waals surface area (Å²) in [7, 11) is 4.63. The van der Waals surface area contributed by atoms with E-state index in [9.17, 15) is 4.79 Å². The summed E-state index contributed by atoms with van der Waals surface area (Å²) >= 11 is 0. The fourth-order valence-corrected chi connectivity index (χ4v) is 4.19. The maximum Gasteiger partial charge on any atom is 0.303 e. The molecule has 4 nitrogen and oxygen atoms in total. The lowest BCUT2D eigenvalue weighted by Crippen LogP contribution is -2.50. The van der Waals surface area contributed by atoms with Gasteiger partial charge in [-0.3, -0.25) is 4.79 Å². The Balaban J connectivity index is 1.74. The molecule has 1 atom stereocenters. The second kappa shape index (κ2) is 15.3. The van der Waals surface area contributed by atoms with Gasteiger partial charge in [-0.1, -0.05) is 70.6 Å². The number of aliphatic carboxylic acids is 1. The van der Waals surface area contributed by atoms with Crippen molar-refractivity contribution in [1.29, 1.82) is 0 Å². The monoisotopic (exact) mass is 384 g/mol. The van der Waals surface area contributed by atoms with Crippen LogP contribution >= 0.6 is 0 Å². The average molecular weight is 385 g/mol. The lowest BCUT2D eigenvalue weighted by molar-refractivity contribution is -0.898. The summed E-state index contributed by atoms with van der Waals surface area (Å²) in [5.41, 5.74) is 0. The molecule has 1 rings (SSSR count). The van der Waals surface area contributed by atoms with Crippen molar-refractivity contribution in [3.8, 4) is 0 Å². The van der Waals surface area contributed by atoms with Crippen LogP contribution in [0.25, 0.3) is 0 Å². The SMILES string of the molecule is C[N+]1(C)CCCC(OCCCCCCCCCCCCCCCC(=O)O)C1. The van der Waals surface area contributed by atoms with Gasteiger partial charge in [-0.05, 0) is 25.7 Å². The molecule has 1 heterocycles. The molecule has 0 aromatic heterocycles. The van der Waals surface area contributed by atoms with Gasteiger partial charge < -0.3 is 14.3 Å². The smallest absolute Gasteiger partial charge is 0.303 e. The van der Waals surface area contributed by atoms with Crippen LogP contribution < -0.4 is 0 Å². The standard InChI is InChI=1S/C23H45NO3/c1-24(2)19-16-17-22(21-24)27-20-15-13-11-9-7-5-3-4-6-8-10-12-14-18-23(25)26/h22H,3-21H2,1-2H3/p+1. The Labute approximate surface area is 168 Å². The van der Waals surface area contributed by atoms with E-state index in [0.29, 0.717) is 12.5 Å². The second-order valence-electron chi connectivity index (χ2n) is 9.22. The highest BCUT2D eigenvalue weighted by molar-refractivity contribution is 5.66. The van der Waals surface area contributed by atoms with E-state index in [1.165, 1.54) is 96.6 Å². The quantitative estimate of drug-likeness (QED) is 0.255. The number of nitrogens with zero attached hydrogens (tertiary/aromatic N) is 1. The Morgan fingerprint density at radius 1 is 0.852 bits per heavy atom. The first-order chi connectivity index (χ1) is 13.0. The summed E-state index contributed by atoms with van der Waals surface area (Å²) in [6.45, 7) is 3.44. The van der Waals surface area contributed by atoms with Crippen LogP contribution in [0.5, 0.6) is 0 Å². The molecule has 160 valence electrons. The first kappa shape index (κ1) is 24.4. The van der Waals surface area contributed by atoms with Crippen LogP contribution in [0.2, 0.25) is 0 Å². The molecule has 1 aliphatic rings. The van der Waals surface area contributed by atoms with Crippen LogP contribution in [-0.2, 0) is 9.53 Å². The van der Waals surface area contributed by atoms with E-state index in [4.69, 9.17) is 9.84 Å². The third-order valence-electron chi connectivity index (χ3n) is 5.88. The van der Waals surface area contributed by atoms with Crippen LogP contribution in [0.4, 0.5) is 0 Å². The molecule has 1 N–H and O–H groups in total. The fourth-order valence-electron chi connectivity index (χ4n) is 4.19. The summed E-state index contributed by atoms with van der Waals surface area (Å²) < 4.78 is 7.21. The van der Waals surface area contributed by atoms with E-state index < -0.39 is 5.97 Å². The number of likely N-dealkylation sites (N-methyl/N-ethyl adjacent to an activating group) is 1. The van der Waals surface area contributed by atoms with Gasteiger partial charge >= 0.3 is 5.97 Å². The lowest BCUT2D eigenvalue weighted by atomic mass is 10.0. The molecule has 4 heteroatoms. The van der Waals surface area contributed by atoms with Gasteiger partial charge in [-0.25, -0.2) is 0 Å². The molecule has 0 bridgehead atoms. The number of ether oxygens (including phenoxy) is 1. The maximum absolute atomic E-state index is 10.4. The third kappa shape index (κ3) is 15.0. The molecule has 0 saturated carbocycles. The molecule has 0 aliphatic carbocycles. The van der Waals surface area contributed by atoms with Crippen molar-refractivity contribution in [2.45, 2.75) is 109 Å². The number of carboxylic acids is 1. The van der Waals surface area contributed by atoms with Gasteiger partial charge in [0.15, 0.2) is 0 Å². The number of quaternary nitrogens is 1. The molecule has 27 heavy (non-hydrogen) atoms. The van der Waals surface area contributed by atoms with Gasteiger partial charge in [0.25, 0.3) is 0 Å². The van der Waals surface area contributed by atoms with Gasteiger partial charge in [-0.2, -0.15) is 0 Å². The predicted molar refractivity (Wildman–Crippen MR) is 113 cm³/mol. The van der Waals surface area contributed by atoms with Crippen LogP contribution in [0.1, 0.15) is 103 Å². The molecule has 0 aromatic rings. The van der Waals surface area contributed by atoms with Crippen molar-refractivity contribution in [1.82, 2.24) is 0 Å². The molecule has 0 spiro atoms. The molecule has 1 fully saturated rings. The number of hydrogen-bond donors (Lipinski definition) is 1. The highest BCUT2D eigenvalue weighted by Gasteiger charge is 2.27. The molecule has 1 unspecified atom stereocenters. The minimum atomic E-state index is -0.657. The van der Waals surface area contributed by atoms with Crippen LogP contribution in [-0.4, -0.2) is 55.5 Å². The van der Waals surface area contributed by atoms with Crippen molar-refractivity contribution in [3.63, 3.8) is 0 Å². The number of likely N-dealkylation sites (tertiary alicyclic amines) is 1. The zero-order valence-corrected chi connectivity index (χ0v) is 18.2. The van der Waals surface area contributed by atoms with E-state index >= 15 is 0 Å². The molecular formula is C23H46NO3+. The molecule has 1 saturated heterocycles. The van der Waals surface area contributed by atoms with E-state index in [1.54, 1.807) is 0 Å². The van der Waals surface area contributed by atoms with Gasteiger partial charge in [0.1, 0.15) is 12.6 Å². The normalized spacial score (nSPS) is 19.3. The Hall–Kier alpha value is -0.610. The van der Waals surface area contributed by atoms with E-state index in [2.05, 4.69) is 14.1 Å². The van der Waals surface area contributed by atoms with Crippen LogP contribution in [0, 0.1) is 0 Å². The summed E-state index contributed by atoms with van der Waals surface area (Å²) in [5.74, 6) is -0.657. The highest BCUT2D eigenvalue weighted by atomic mass is 16.5. The minimum absolute atomic E-state index is 0.337. The molecule has 0 aromatic carbocycles. The molecule has 0 radical (unpaired) electrons. The Morgan fingerprint density at radius 3 is 1.81 bits per heavy atom. The van der Waals surface area contributed by atoms with Gasteiger partial charge in [0.05, 0.1) is 20.6 Å². The van der Waals surface area contributed by atoms with Crippen molar-refractivity contribution >= 4 is 5.97 Å².